The lowest BCUT2D eigenvalue weighted by Gasteiger charge is -2.31. The average molecular weight is 451 g/mol. The van der Waals surface area contributed by atoms with Crippen LogP contribution in [-0.2, 0) is 4.74 Å². The summed E-state index contributed by atoms with van der Waals surface area (Å²) in [5.74, 6) is 0.272. The van der Waals surface area contributed by atoms with Gasteiger partial charge in [-0.05, 0) is 36.4 Å². The molecule has 0 aromatic heterocycles. The number of nitrogens with zero attached hydrogens (tertiary/aromatic N) is 2. The highest BCUT2D eigenvalue weighted by Gasteiger charge is 2.47. The van der Waals surface area contributed by atoms with Crippen molar-refractivity contribution >= 4 is 58.0 Å². The van der Waals surface area contributed by atoms with Crippen LogP contribution in [-0.4, -0.2) is 48.7 Å². The first-order valence-corrected chi connectivity index (χ1v) is 10.9. The zero-order valence-electron chi connectivity index (χ0n) is 15.5. The van der Waals surface area contributed by atoms with Crippen molar-refractivity contribution < 1.29 is 9.53 Å². The van der Waals surface area contributed by atoms with E-state index in [9.17, 15) is 4.79 Å². The number of amidine groups is 1. The van der Waals surface area contributed by atoms with Gasteiger partial charge in [0.25, 0.3) is 0 Å². The fraction of sp³-hybridized carbons (Fsp3) is 0.300. The average Bonchev–Trinajstić information content (AvgIpc) is 3.10. The third-order valence-corrected chi connectivity index (χ3v) is 6.77. The normalized spacial score (nSPS) is 21.7. The Hall–Kier alpha value is -1.93. The van der Waals surface area contributed by atoms with E-state index in [1.807, 2.05) is 24.3 Å². The molecule has 0 aliphatic carbocycles. The van der Waals surface area contributed by atoms with Gasteiger partial charge in [-0.3, -0.25) is 9.79 Å². The SMILES string of the molecule is NC1=NCSC1(Nc1ccc(N2CCOCC2)cc1)C(=O)c1c(Cl)cccc1Cl. The smallest absolute Gasteiger partial charge is 0.209 e. The van der Waals surface area contributed by atoms with Gasteiger partial charge in [-0.1, -0.05) is 41.0 Å². The first-order chi connectivity index (χ1) is 14.0. The molecule has 0 amide bonds. The second kappa shape index (κ2) is 8.44. The summed E-state index contributed by atoms with van der Waals surface area (Å²) in [6.45, 7) is 3.16. The van der Waals surface area contributed by atoms with Crippen LogP contribution in [0.25, 0.3) is 0 Å². The van der Waals surface area contributed by atoms with Crippen LogP contribution in [0.2, 0.25) is 10.0 Å². The fourth-order valence-electron chi connectivity index (χ4n) is 3.39. The number of carbonyl (C=O) groups is 1. The van der Waals surface area contributed by atoms with Gasteiger partial charge in [-0.15, -0.1) is 0 Å². The quantitative estimate of drug-likeness (QED) is 0.672. The maximum atomic E-state index is 13.5. The summed E-state index contributed by atoms with van der Waals surface area (Å²) >= 11 is 13.9. The minimum absolute atomic E-state index is 0.209. The zero-order chi connectivity index (χ0) is 20.4. The molecule has 1 fully saturated rings. The molecule has 2 heterocycles. The summed E-state index contributed by atoms with van der Waals surface area (Å²) in [5, 5.41) is 3.85. The van der Waals surface area contributed by atoms with Gasteiger partial charge in [0.15, 0.2) is 0 Å². The number of hydrogen-bond donors (Lipinski definition) is 2. The minimum atomic E-state index is -1.25. The molecule has 9 heteroatoms. The molecule has 1 saturated heterocycles. The zero-order valence-corrected chi connectivity index (χ0v) is 17.9. The molecule has 1 atom stereocenters. The molecule has 2 aliphatic heterocycles. The van der Waals surface area contributed by atoms with E-state index in [4.69, 9.17) is 33.7 Å². The van der Waals surface area contributed by atoms with Crippen LogP contribution in [0.15, 0.2) is 47.5 Å². The van der Waals surface area contributed by atoms with Gasteiger partial charge in [0.1, 0.15) is 5.84 Å². The highest BCUT2D eigenvalue weighted by molar-refractivity contribution is 8.02. The third-order valence-electron chi connectivity index (χ3n) is 4.95. The van der Waals surface area contributed by atoms with Crippen molar-refractivity contribution in [1.29, 1.82) is 0 Å². The molecule has 29 heavy (non-hydrogen) atoms. The second-order valence-corrected chi connectivity index (χ2v) is 8.67. The number of thioether (sulfide) groups is 1. The largest absolute Gasteiger partial charge is 0.384 e. The fourth-order valence-corrected chi connectivity index (χ4v) is 5.00. The summed E-state index contributed by atoms with van der Waals surface area (Å²) in [4.78, 5) is 18.8. The van der Waals surface area contributed by atoms with Gasteiger partial charge in [-0.2, -0.15) is 0 Å². The third kappa shape index (κ3) is 3.92. The summed E-state index contributed by atoms with van der Waals surface area (Å²) in [7, 11) is 0. The number of aliphatic imine (C=N–C) groups is 1. The Morgan fingerprint density at radius 1 is 1.14 bits per heavy atom. The van der Waals surface area contributed by atoms with Crippen LogP contribution in [0.4, 0.5) is 11.4 Å². The second-order valence-electron chi connectivity index (χ2n) is 6.70. The minimum Gasteiger partial charge on any atom is -0.384 e. The lowest BCUT2D eigenvalue weighted by Crippen LogP contribution is -2.52. The lowest BCUT2D eigenvalue weighted by atomic mass is 10.0. The Balaban J connectivity index is 1.63. The highest BCUT2D eigenvalue weighted by atomic mass is 35.5. The number of ether oxygens (including phenoxy) is 1. The topological polar surface area (TPSA) is 79.9 Å². The monoisotopic (exact) mass is 450 g/mol. The number of rotatable bonds is 5. The van der Waals surface area contributed by atoms with E-state index in [0.29, 0.717) is 5.88 Å². The molecule has 2 aromatic carbocycles. The van der Waals surface area contributed by atoms with Crippen molar-refractivity contribution in [3.8, 4) is 0 Å². The molecule has 0 spiro atoms. The number of nitrogens with one attached hydrogen (secondary N) is 1. The highest BCUT2D eigenvalue weighted by Crippen LogP contribution is 2.39. The van der Waals surface area contributed by atoms with Gasteiger partial charge in [-0.25, -0.2) is 0 Å². The number of anilines is 2. The van der Waals surface area contributed by atoms with Crippen LogP contribution >= 0.6 is 35.0 Å². The molecule has 4 rings (SSSR count). The van der Waals surface area contributed by atoms with Gasteiger partial charge >= 0.3 is 0 Å². The predicted molar refractivity (Wildman–Crippen MR) is 121 cm³/mol. The van der Waals surface area contributed by atoms with E-state index >= 15 is 0 Å². The number of halogens is 2. The number of ketones is 1. The Labute approximate surface area is 183 Å². The molecule has 1 unspecified atom stereocenters. The van der Waals surface area contributed by atoms with Crippen LogP contribution in [0.3, 0.4) is 0 Å². The first-order valence-electron chi connectivity index (χ1n) is 9.15. The van der Waals surface area contributed by atoms with Crippen molar-refractivity contribution in [3.63, 3.8) is 0 Å². The molecule has 2 aromatic rings. The first kappa shape index (κ1) is 20.3. The maximum Gasteiger partial charge on any atom is 0.209 e. The van der Waals surface area contributed by atoms with Crippen molar-refractivity contribution in [2.45, 2.75) is 4.87 Å². The van der Waals surface area contributed by atoms with Crippen LogP contribution in [0.5, 0.6) is 0 Å². The maximum absolute atomic E-state index is 13.5. The van der Waals surface area contributed by atoms with Crippen molar-refractivity contribution in [1.82, 2.24) is 0 Å². The van der Waals surface area contributed by atoms with Gasteiger partial charge in [0, 0.05) is 24.5 Å². The number of carbonyl (C=O) groups excluding carboxylic acids is 1. The lowest BCUT2D eigenvalue weighted by molar-refractivity contribution is 0.0980. The molecule has 3 N–H and O–H groups in total. The molecular formula is C20H20Cl2N4O2S. The standard InChI is InChI=1S/C20H20Cl2N4O2S/c21-15-2-1-3-16(22)17(15)18(27)20(19(23)24-12-29-20)25-13-4-6-14(7-5-13)26-8-10-28-11-9-26/h1-7,25H,8-12H2,(H2,23,24). The van der Waals surface area contributed by atoms with Crippen LogP contribution < -0.4 is 16.0 Å². The molecule has 152 valence electrons. The number of nitrogens with two attached hydrogens (primary N) is 1. The summed E-state index contributed by atoms with van der Waals surface area (Å²) in [6, 6.07) is 12.9. The van der Waals surface area contributed by atoms with Gasteiger partial charge < -0.3 is 20.7 Å². The predicted octanol–water partition coefficient (Wildman–Crippen LogP) is 3.88. The van der Waals surface area contributed by atoms with Crippen LogP contribution in [0.1, 0.15) is 10.4 Å². The van der Waals surface area contributed by atoms with Crippen LogP contribution in [0, 0.1) is 0 Å². The number of benzene rings is 2. The summed E-state index contributed by atoms with van der Waals surface area (Å²) < 4.78 is 5.40. The number of hydrogen-bond acceptors (Lipinski definition) is 7. The molecule has 0 bridgehead atoms. The van der Waals surface area contributed by atoms with E-state index in [1.54, 1.807) is 18.2 Å². The summed E-state index contributed by atoms with van der Waals surface area (Å²) in [5.41, 5.74) is 8.28. The van der Waals surface area contributed by atoms with Crippen molar-refractivity contribution in [3.05, 3.63) is 58.1 Å². The number of Topliss-reactive ketones (excluding diaryl/α,β-unsaturated/α-hetero) is 1. The Kier molecular flexibility index (Phi) is 5.92. The van der Waals surface area contributed by atoms with E-state index in [2.05, 4.69) is 15.2 Å². The molecule has 6 nitrogen and oxygen atoms in total. The molecule has 0 radical (unpaired) electrons. The number of morpholine rings is 1. The molecular weight excluding hydrogens is 431 g/mol. The summed E-state index contributed by atoms with van der Waals surface area (Å²) in [6.07, 6.45) is 0. The Morgan fingerprint density at radius 2 is 1.79 bits per heavy atom. The van der Waals surface area contributed by atoms with Crippen molar-refractivity contribution in [2.75, 3.05) is 42.4 Å². The molecule has 0 saturated carbocycles. The van der Waals surface area contributed by atoms with E-state index < -0.39 is 4.87 Å². The Bertz CT molecular complexity index is 928. The van der Waals surface area contributed by atoms with E-state index in [1.165, 1.54) is 11.8 Å². The van der Waals surface area contributed by atoms with Gasteiger partial charge in [0.2, 0.25) is 10.7 Å². The Morgan fingerprint density at radius 3 is 2.38 bits per heavy atom. The van der Waals surface area contributed by atoms with E-state index in [0.717, 1.165) is 37.7 Å². The van der Waals surface area contributed by atoms with E-state index in [-0.39, 0.29) is 27.2 Å². The van der Waals surface area contributed by atoms with Crippen molar-refractivity contribution in [2.24, 2.45) is 10.7 Å². The van der Waals surface area contributed by atoms with Gasteiger partial charge in [0.05, 0.1) is 34.7 Å². The molecule has 2 aliphatic rings.